The molecule has 2 aromatic carbocycles. The Bertz CT molecular complexity index is 616. The van der Waals surface area contributed by atoms with E-state index in [0.717, 1.165) is 34.3 Å². The lowest BCUT2D eigenvalue weighted by Gasteiger charge is -2.12. The van der Waals surface area contributed by atoms with Crippen LogP contribution in [0.25, 0.3) is 0 Å². The van der Waals surface area contributed by atoms with Gasteiger partial charge in [-0.2, -0.15) is 0 Å². The summed E-state index contributed by atoms with van der Waals surface area (Å²) < 4.78 is 0. The van der Waals surface area contributed by atoms with Crippen LogP contribution in [0.15, 0.2) is 46.2 Å². The number of benzene rings is 2. The Balaban J connectivity index is 2.23. The van der Waals surface area contributed by atoms with Gasteiger partial charge in [0.05, 0.1) is 15.1 Å². The van der Waals surface area contributed by atoms with Crippen molar-refractivity contribution >= 4 is 46.6 Å². The highest BCUT2D eigenvalue weighted by Crippen LogP contribution is 2.38. The molecule has 0 amide bonds. The van der Waals surface area contributed by atoms with E-state index in [2.05, 4.69) is 18.3 Å². The SMILES string of the molecule is CCCNCc1cccc(Cl)c1Sc1ccc(Cl)c(Cl)c1. The van der Waals surface area contributed by atoms with Gasteiger partial charge in [0.2, 0.25) is 0 Å². The van der Waals surface area contributed by atoms with Crippen LogP contribution < -0.4 is 5.32 Å². The molecule has 0 aromatic heterocycles. The molecule has 112 valence electrons. The Morgan fingerprint density at radius 2 is 1.81 bits per heavy atom. The lowest BCUT2D eigenvalue weighted by atomic mass is 10.2. The minimum atomic E-state index is 0.555. The zero-order chi connectivity index (χ0) is 15.2. The summed E-state index contributed by atoms with van der Waals surface area (Å²) in [7, 11) is 0. The third kappa shape index (κ3) is 4.80. The maximum absolute atomic E-state index is 6.36. The van der Waals surface area contributed by atoms with Crippen molar-refractivity contribution < 1.29 is 0 Å². The van der Waals surface area contributed by atoms with E-state index >= 15 is 0 Å². The van der Waals surface area contributed by atoms with E-state index in [1.54, 1.807) is 17.8 Å². The molecule has 0 unspecified atom stereocenters. The molecular formula is C16H16Cl3NS. The lowest BCUT2D eigenvalue weighted by molar-refractivity contribution is 0.669. The van der Waals surface area contributed by atoms with Crippen LogP contribution in [0.2, 0.25) is 15.1 Å². The van der Waals surface area contributed by atoms with Crippen LogP contribution in [0, 0.1) is 0 Å². The second kappa shape index (κ2) is 8.30. The molecule has 0 radical (unpaired) electrons. The fourth-order valence-corrected chi connectivity index (χ4v) is 3.52. The van der Waals surface area contributed by atoms with Gasteiger partial charge in [0.1, 0.15) is 0 Å². The molecule has 1 N–H and O–H groups in total. The summed E-state index contributed by atoms with van der Waals surface area (Å²) in [6.45, 7) is 3.94. The number of nitrogens with one attached hydrogen (secondary N) is 1. The molecule has 0 atom stereocenters. The van der Waals surface area contributed by atoms with Crippen molar-refractivity contribution in [1.82, 2.24) is 5.32 Å². The number of hydrogen-bond donors (Lipinski definition) is 1. The summed E-state index contributed by atoms with van der Waals surface area (Å²) in [5.74, 6) is 0. The fraction of sp³-hybridized carbons (Fsp3) is 0.250. The third-order valence-corrected chi connectivity index (χ3v) is 5.24. The molecule has 0 aliphatic carbocycles. The first-order valence-corrected chi connectivity index (χ1v) is 8.68. The van der Waals surface area contributed by atoms with Gasteiger partial charge in [-0.1, -0.05) is 65.6 Å². The van der Waals surface area contributed by atoms with Crippen LogP contribution in [0.4, 0.5) is 0 Å². The van der Waals surface area contributed by atoms with Crippen molar-refractivity contribution in [3.63, 3.8) is 0 Å². The van der Waals surface area contributed by atoms with Crippen LogP contribution in [0.1, 0.15) is 18.9 Å². The zero-order valence-corrected chi connectivity index (χ0v) is 14.7. The van der Waals surface area contributed by atoms with Crippen molar-refractivity contribution in [2.75, 3.05) is 6.54 Å². The minimum Gasteiger partial charge on any atom is -0.313 e. The van der Waals surface area contributed by atoms with Crippen LogP contribution in [0.3, 0.4) is 0 Å². The average molecular weight is 361 g/mol. The zero-order valence-electron chi connectivity index (χ0n) is 11.6. The number of hydrogen-bond acceptors (Lipinski definition) is 2. The van der Waals surface area contributed by atoms with Gasteiger partial charge in [-0.05, 0) is 42.8 Å². The number of rotatable bonds is 6. The molecule has 0 saturated carbocycles. The van der Waals surface area contributed by atoms with Gasteiger partial charge in [-0.15, -0.1) is 0 Å². The van der Waals surface area contributed by atoms with Crippen molar-refractivity contribution in [2.45, 2.75) is 29.7 Å². The molecule has 2 rings (SSSR count). The monoisotopic (exact) mass is 359 g/mol. The summed E-state index contributed by atoms with van der Waals surface area (Å²) in [4.78, 5) is 2.08. The van der Waals surface area contributed by atoms with E-state index in [-0.39, 0.29) is 0 Å². The van der Waals surface area contributed by atoms with Gasteiger partial charge >= 0.3 is 0 Å². The summed E-state index contributed by atoms with van der Waals surface area (Å²) in [5, 5.41) is 5.27. The highest BCUT2D eigenvalue weighted by Gasteiger charge is 2.10. The summed E-state index contributed by atoms with van der Waals surface area (Å²) in [5.41, 5.74) is 1.19. The molecule has 0 bridgehead atoms. The van der Waals surface area contributed by atoms with Gasteiger partial charge in [-0.3, -0.25) is 0 Å². The van der Waals surface area contributed by atoms with Crippen LogP contribution in [-0.2, 0) is 6.54 Å². The van der Waals surface area contributed by atoms with Gasteiger partial charge in [0.25, 0.3) is 0 Å². The topological polar surface area (TPSA) is 12.0 Å². The first-order valence-electron chi connectivity index (χ1n) is 6.73. The molecule has 0 aliphatic rings. The molecule has 1 nitrogen and oxygen atoms in total. The van der Waals surface area contributed by atoms with Gasteiger partial charge in [0.15, 0.2) is 0 Å². The minimum absolute atomic E-state index is 0.555. The Morgan fingerprint density at radius 3 is 2.52 bits per heavy atom. The molecule has 0 fully saturated rings. The molecule has 0 heterocycles. The smallest absolute Gasteiger partial charge is 0.0603 e. The Hall–Kier alpha value is -0.380. The molecule has 0 spiro atoms. The first-order chi connectivity index (χ1) is 10.1. The predicted octanol–water partition coefficient (Wildman–Crippen LogP) is 6.30. The van der Waals surface area contributed by atoms with Gasteiger partial charge < -0.3 is 5.32 Å². The van der Waals surface area contributed by atoms with Crippen LogP contribution >= 0.6 is 46.6 Å². The molecule has 0 saturated heterocycles. The lowest BCUT2D eigenvalue weighted by Crippen LogP contribution is -2.14. The molecule has 21 heavy (non-hydrogen) atoms. The van der Waals surface area contributed by atoms with E-state index in [0.29, 0.717) is 10.0 Å². The van der Waals surface area contributed by atoms with E-state index in [4.69, 9.17) is 34.8 Å². The van der Waals surface area contributed by atoms with Gasteiger partial charge in [0, 0.05) is 16.3 Å². The quantitative estimate of drug-likeness (QED) is 0.607. The predicted molar refractivity (Wildman–Crippen MR) is 94.0 cm³/mol. The molecular weight excluding hydrogens is 345 g/mol. The van der Waals surface area contributed by atoms with E-state index in [9.17, 15) is 0 Å². The van der Waals surface area contributed by atoms with Crippen molar-refractivity contribution in [3.8, 4) is 0 Å². The summed E-state index contributed by atoms with van der Waals surface area (Å²) in [6, 6.07) is 11.6. The Labute approximate surface area is 145 Å². The highest BCUT2D eigenvalue weighted by atomic mass is 35.5. The Morgan fingerprint density at radius 1 is 1.00 bits per heavy atom. The fourth-order valence-electron chi connectivity index (χ4n) is 1.87. The average Bonchev–Trinajstić information content (AvgIpc) is 2.46. The standard InChI is InChI=1S/C16H16Cl3NS/c1-2-8-20-10-11-4-3-5-14(18)16(11)21-12-6-7-13(17)15(19)9-12/h3-7,9,20H,2,8,10H2,1H3. The number of halogens is 3. The normalized spacial score (nSPS) is 10.9. The summed E-state index contributed by atoms with van der Waals surface area (Å²) in [6.07, 6.45) is 1.11. The third-order valence-electron chi connectivity index (χ3n) is 2.90. The van der Waals surface area contributed by atoms with Crippen molar-refractivity contribution in [1.29, 1.82) is 0 Å². The molecule has 2 aromatic rings. The van der Waals surface area contributed by atoms with Crippen LogP contribution in [-0.4, -0.2) is 6.54 Å². The van der Waals surface area contributed by atoms with E-state index < -0.39 is 0 Å². The maximum atomic E-state index is 6.36. The van der Waals surface area contributed by atoms with E-state index in [1.165, 1.54) is 5.56 Å². The van der Waals surface area contributed by atoms with Gasteiger partial charge in [-0.25, -0.2) is 0 Å². The molecule has 0 aliphatic heterocycles. The van der Waals surface area contributed by atoms with Crippen LogP contribution in [0.5, 0.6) is 0 Å². The summed E-state index contributed by atoms with van der Waals surface area (Å²) >= 11 is 20.0. The second-order valence-electron chi connectivity index (χ2n) is 4.58. The van der Waals surface area contributed by atoms with E-state index in [1.807, 2.05) is 24.3 Å². The first kappa shape index (κ1) is 17.0. The van der Waals surface area contributed by atoms with Crippen molar-refractivity contribution in [3.05, 3.63) is 57.0 Å². The Kier molecular flexibility index (Phi) is 6.72. The largest absolute Gasteiger partial charge is 0.313 e. The highest BCUT2D eigenvalue weighted by molar-refractivity contribution is 7.99. The molecule has 5 heteroatoms. The second-order valence-corrected chi connectivity index (χ2v) is 6.89. The maximum Gasteiger partial charge on any atom is 0.0603 e. The van der Waals surface area contributed by atoms with Crippen molar-refractivity contribution in [2.24, 2.45) is 0 Å².